The maximum atomic E-state index is 8.77. The molecule has 0 spiro atoms. The first kappa shape index (κ1) is 15.1. The third-order valence-corrected chi connectivity index (χ3v) is 5.81. The number of aliphatic hydroxyl groups excluding tert-OH is 1. The molecule has 2 aliphatic rings. The van der Waals surface area contributed by atoms with Crippen molar-refractivity contribution in [2.45, 2.75) is 57.5 Å². The summed E-state index contributed by atoms with van der Waals surface area (Å²) >= 11 is 1.82. The van der Waals surface area contributed by atoms with Crippen LogP contribution >= 0.6 is 11.3 Å². The molecule has 0 amide bonds. The van der Waals surface area contributed by atoms with Gasteiger partial charge in [0.25, 0.3) is 0 Å². The summed E-state index contributed by atoms with van der Waals surface area (Å²) in [6, 6.07) is 5.20. The molecule has 1 unspecified atom stereocenters. The summed E-state index contributed by atoms with van der Waals surface area (Å²) in [7, 11) is 0. The van der Waals surface area contributed by atoms with Gasteiger partial charge in [0.15, 0.2) is 0 Å². The lowest BCUT2D eigenvalue weighted by Gasteiger charge is -2.28. The molecule has 1 aliphatic heterocycles. The highest BCUT2D eigenvalue weighted by Crippen LogP contribution is 2.36. The zero-order valence-electron chi connectivity index (χ0n) is 12.7. The molecule has 2 fully saturated rings. The Morgan fingerprint density at radius 1 is 1.19 bits per heavy atom. The fourth-order valence-electron chi connectivity index (χ4n) is 3.86. The zero-order valence-corrected chi connectivity index (χ0v) is 13.5. The van der Waals surface area contributed by atoms with Crippen molar-refractivity contribution in [1.82, 2.24) is 4.90 Å². The lowest BCUT2D eigenvalue weighted by molar-refractivity contribution is 0.184. The normalized spacial score (nSPS) is 23.4. The van der Waals surface area contributed by atoms with E-state index in [0.29, 0.717) is 6.42 Å². The first-order chi connectivity index (χ1) is 10.4. The molecule has 1 aromatic heterocycles. The smallest absolute Gasteiger partial charge is 0.0771 e. The second-order valence-corrected chi connectivity index (χ2v) is 7.43. The maximum Gasteiger partial charge on any atom is 0.0771 e. The average Bonchev–Trinajstić information content (AvgIpc) is 3.20. The Bertz CT molecular complexity index is 507. The molecule has 1 aromatic rings. The Kier molecular flexibility index (Phi) is 5.35. The molecule has 2 heterocycles. The molecule has 114 valence electrons. The first-order valence-corrected chi connectivity index (χ1v) is 9.11. The maximum absolute atomic E-state index is 8.77. The van der Waals surface area contributed by atoms with Gasteiger partial charge in [0, 0.05) is 23.9 Å². The molecular weight excluding hydrogens is 278 g/mol. The van der Waals surface area contributed by atoms with Crippen molar-refractivity contribution in [2.24, 2.45) is 5.92 Å². The average molecular weight is 303 g/mol. The Morgan fingerprint density at radius 3 is 2.86 bits per heavy atom. The lowest BCUT2D eigenvalue weighted by atomic mass is 9.96. The molecular formula is C18H25NOS. The topological polar surface area (TPSA) is 23.5 Å². The predicted molar refractivity (Wildman–Crippen MR) is 88.3 cm³/mol. The molecule has 1 atom stereocenters. The summed E-state index contributed by atoms with van der Waals surface area (Å²) in [5.74, 6) is 7.11. The summed E-state index contributed by atoms with van der Waals surface area (Å²) in [4.78, 5) is 5.29. The SMILES string of the molecule is OCCC#Cc1ccc(CN2CCCC2C2CCCC2)s1. The number of thiophene rings is 1. The highest BCUT2D eigenvalue weighted by molar-refractivity contribution is 7.12. The number of hydrogen-bond acceptors (Lipinski definition) is 3. The molecule has 1 saturated carbocycles. The van der Waals surface area contributed by atoms with Gasteiger partial charge in [-0.15, -0.1) is 11.3 Å². The quantitative estimate of drug-likeness (QED) is 0.859. The molecule has 1 saturated heterocycles. The molecule has 0 aromatic carbocycles. The number of aliphatic hydroxyl groups is 1. The van der Waals surface area contributed by atoms with Crippen LogP contribution in [0, 0.1) is 17.8 Å². The Morgan fingerprint density at radius 2 is 2.05 bits per heavy atom. The van der Waals surface area contributed by atoms with Crippen molar-refractivity contribution < 1.29 is 5.11 Å². The van der Waals surface area contributed by atoms with E-state index in [4.69, 9.17) is 5.11 Å². The van der Waals surface area contributed by atoms with Crippen molar-refractivity contribution in [3.05, 3.63) is 21.9 Å². The van der Waals surface area contributed by atoms with E-state index in [-0.39, 0.29) is 6.61 Å². The fourth-order valence-corrected chi connectivity index (χ4v) is 4.77. The van der Waals surface area contributed by atoms with E-state index in [1.807, 2.05) is 11.3 Å². The molecule has 1 aliphatic carbocycles. The summed E-state index contributed by atoms with van der Waals surface area (Å²) in [5.41, 5.74) is 0. The zero-order chi connectivity index (χ0) is 14.5. The fraction of sp³-hybridized carbons (Fsp3) is 0.667. The summed E-state index contributed by atoms with van der Waals surface area (Å²) < 4.78 is 0. The Hall–Kier alpha value is -0.820. The van der Waals surface area contributed by atoms with Gasteiger partial charge in [-0.25, -0.2) is 0 Å². The van der Waals surface area contributed by atoms with Gasteiger partial charge in [-0.05, 0) is 50.3 Å². The van der Waals surface area contributed by atoms with E-state index in [9.17, 15) is 0 Å². The van der Waals surface area contributed by atoms with Gasteiger partial charge in [-0.2, -0.15) is 0 Å². The molecule has 3 heteroatoms. The van der Waals surface area contributed by atoms with Crippen molar-refractivity contribution in [1.29, 1.82) is 0 Å². The molecule has 0 bridgehead atoms. The van der Waals surface area contributed by atoms with Crippen molar-refractivity contribution in [3.8, 4) is 11.8 Å². The van der Waals surface area contributed by atoms with Gasteiger partial charge in [-0.3, -0.25) is 4.90 Å². The van der Waals surface area contributed by atoms with Crippen LogP contribution in [-0.4, -0.2) is 29.2 Å². The lowest BCUT2D eigenvalue weighted by Crippen LogP contribution is -2.33. The van der Waals surface area contributed by atoms with E-state index >= 15 is 0 Å². The van der Waals surface area contributed by atoms with Crippen molar-refractivity contribution >= 4 is 11.3 Å². The van der Waals surface area contributed by atoms with Crippen LogP contribution in [0.25, 0.3) is 0 Å². The standard InChI is InChI=1S/C18H25NOS/c20-13-4-3-8-16-10-11-17(21-16)14-19-12-5-9-18(19)15-6-1-2-7-15/h10-11,15,18,20H,1-2,4-7,9,12-14H2. The molecule has 3 rings (SSSR count). The van der Waals surface area contributed by atoms with Gasteiger partial charge in [-0.1, -0.05) is 24.7 Å². The second-order valence-electron chi connectivity index (χ2n) is 6.27. The van der Waals surface area contributed by atoms with Crippen molar-refractivity contribution in [3.63, 3.8) is 0 Å². The van der Waals surface area contributed by atoms with Crippen LogP contribution in [0.1, 0.15) is 54.7 Å². The van der Waals surface area contributed by atoms with E-state index in [1.54, 1.807) is 0 Å². The van der Waals surface area contributed by atoms with Crippen molar-refractivity contribution in [2.75, 3.05) is 13.2 Å². The number of likely N-dealkylation sites (tertiary alicyclic amines) is 1. The van der Waals surface area contributed by atoms with Crippen LogP contribution in [-0.2, 0) is 6.54 Å². The largest absolute Gasteiger partial charge is 0.395 e. The van der Waals surface area contributed by atoms with E-state index < -0.39 is 0 Å². The molecule has 21 heavy (non-hydrogen) atoms. The van der Waals surface area contributed by atoms with Gasteiger partial charge < -0.3 is 5.11 Å². The van der Waals surface area contributed by atoms with Crippen LogP contribution in [0.3, 0.4) is 0 Å². The number of rotatable bonds is 4. The van der Waals surface area contributed by atoms with E-state index in [2.05, 4.69) is 28.9 Å². The van der Waals surface area contributed by atoms with Gasteiger partial charge in [0.1, 0.15) is 0 Å². The van der Waals surface area contributed by atoms with Crippen LogP contribution in [0.5, 0.6) is 0 Å². The number of nitrogens with zero attached hydrogens (tertiary/aromatic N) is 1. The molecule has 2 nitrogen and oxygen atoms in total. The monoisotopic (exact) mass is 303 g/mol. The van der Waals surface area contributed by atoms with Gasteiger partial charge in [0.2, 0.25) is 0 Å². The summed E-state index contributed by atoms with van der Waals surface area (Å²) in [6.07, 6.45) is 9.13. The van der Waals surface area contributed by atoms with Crippen LogP contribution < -0.4 is 0 Å². The Balaban J connectivity index is 1.59. The summed E-state index contributed by atoms with van der Waals surface area (Å²) in [6.45, 7) is 2.53. The van der Waals surface area contributed by atoms with Crippen LogP contribution in [0.2, 0.25) is 0 Å². The van der Waals surface area contributed by atoms with Crippen LogP contribution in [0.4, 0.5) is 0 Å². The minimum absolute atomic E-state index is 0.155. The predicted octanol–water partition coefficient (Wildman–Crippen LogP) is 3.64. The van der Waals surface area contributed by atoms with E-state index in [1.165, 1.54) is 49.9 Å². The highest BCUT2D eigenvalue weighted by Gasteiger charge is 2.33. The minimum Gasteiger partial charge on any atom is -0.395 e. The second kappa shape index (κ2) is 7.45. The molecule has 1 N–H and O–H groups in total. The highest BCUT2D eigenvalue weighted by atomic mass is 32.1. The van der Waals surface area contributed by atoms with Crippen LogP contribution in [0.15, 0.2) is 12.1 Å². The molecule has 0 radical (unpaired) electrons. The van der Waals surface area contributed by atoms with Gasteiger partial charge >= 0.3 is 0 Å². The third-order valence-electron chi connectivity index (χ3n) is 4.83. The minimum atomic E-state index is 0.155. The summed E-state index contributed by atoms with van der Waals surface area (Å²) in [5, 5.41) is 8.77. The van der Waals surface area contributed by atoms with E-state index in [0.717, 1.165) is 23.4 Å². The third kappa shape index (κ3) is 3.88. The Labute approximate surface area is 132 Å². The van der Waals surface area contributed by atoms with Gasteiger partial charge in [0.05, 0.1) is 11.5 Å². The first-order valence-electron chi connectivity index (χ1n) is 8.29. The number of hydrogen-bond donors (Lipinski definition) is 1.